The third-order valence-electron chi connectivity index (χ3n) is 8.10. The molecule has 0 amide bonds. The van der Waals surface area contributed by atoms with Gasteiger partial charge in [-0.25, -0.2) is 0 Å². The van der Waals surface area contributed by atoms with Gasteiger partial charge in [0.2, 0.25) is 0 Å². The Kier molecular flexibility index (Phi) is 38.7. The van der Waals surface area contributed by atoms with Crippen LogP contribution >= 0.6 is 45.1 Å². The molecule has 4 heterocycles. The van der Waals surface area contributed by atoms with Gasteiger partial charge in [-0.2, -0.15) is 0 Å². The van der Waals surface area contributed by atoms with Gasteiger partial charge in [-0.1, -0.05) is 85.9 Å². The minimum Gasteiger partial charge on any atom is -0.402 e. The summed E-state index contributed by atoms with van der Waals surface area (Å²) in [6, 6.07) is 16.4. The Labute approximate surface area is 374 Å². The molecule has 2 aromatic rings. The molecule has 0 bridgehead atoms. The molecule has 0 saturated carbocycles. The number of hydrogen-bond acceptors (Lipinski definition) is 6. The van der Waals surface area contributed by atoms with E-state index in [1.54, 1.807) is 0 Å². The summed E-state index contributed by atoms with van der Waals surface area (Å²) in [5.41, 5.74) is 6.93. The molecular weight excluding hydrogens is 859 g/mol. The summed E-state index contributed by atoms with van der Waals surface area (Å²) in [5, 5.41) is 0. The Morgan fingerprint density at radius 1 is 0.580 bits per heavy atom. The first-order valence-corrected chi connectivity index (χ1v) is 21.3. The largest absolute Gasteiger partial charge is 0.402 e. The SMILES string of the molecule is C.C.CN1CCN(C)CC1.CN1CCN(P)CC1.PP.PP.[B]C([CH2-])N1Cc2ccccc2C1=C.[B]C([CH2-])N1Cc2ccccc2C1=C.[Y].[Y]. The van der Waals surface area contributed by atoms with Crippen molar-refractivity contribution in [3.05, 3.63) is 97.8 Å². The Bertz CT molecular complexity index is 1060. The predicted molar refractivity (Wildman–Crippen MR) is 238 cm³/mol. The van der Waals surface area contributed by atoms with Crippen molar-refractivity contribution in [2.45, 2.75) is 39.8 Å². The van der Waals surface area contributed by atoms with Gasteiger partial charge in [0.1, 0.15) is 0 Å². The van der Waals surface area contributed by atoms with E-state index in [1.165, 1.54) is 74.6 Å². The fourth-order valence-corrected chi connectivity index (χ4v) is 5.34. The molecule has 15 heteroatoms. The minimum absolute atomic E-state index is 0. The monoisotopic (exact) mass is 924 g/mol. The van der Waals surface area contributed by atoms with E-state index in [2.05, 4.69) is 137 Å². The quantitative estimate of drug-likeness (QED) is 0.206. The van der Waals surface area contributed by atoms with Crippen LogP contribution in [0.3, 0.4) is 0 Å². The van der Waals surface area contributed by atoms with Crippen LogP contribution in [-0.2, 0) is 78.5 Å². The van der Waals surface area contributed by atoms with Gasteiger partial charge in [0.15, 0.2) is 0 Å². The molecule has 2 saturated heterocycles. The molecule has 4 aliphatic rings. The Hall–Kier alpha value is 1.85. The van der Waals surface area contributed by atoms with E-state index in [0.717, 1.165) is 24.5 Å². The molecule has 274 valence electrons. The van der Waals surface area contributed by atoms with Crippen molar-refractivity contribution < 1.29 is 65.4 Å². The Morgan fingerprint density at radius 2 is 0.840 bits per heavy atom. The van der Waals surface area contributed by atoms with Gasteiger partial charge in [-0.3, -0.25) is 4.67 Å². The van der Waals surface area contributed by atoms with Crippen molar-refractivity contribution in [3.8, 4) is 0 Å². The van der Waals surface area contributed by atoms with E-state index in [4.69, 9.17) is 15.7 Å². The van der Waals surface area contributed by atoms with Crippen LogP contribution < -0.4 is 0 Å². The first kappa shape index (κ1) is 58.6. The van der Waals surface area contributed by atoms with Crippen molar-refractivity contribution in [2.75, 3.05) is 73.5 Å². The molecule has 7 atom stereocenters. The second-order valence-corrected chi connectivity index (χ2v) is 12.3. The molecule has 6 radical (unpaired) electrons. The van der Waals surface area contributed by atoms with Gasteiger partial charge in [0.25, 0.3) is 0 Å². The Morgan fingerprint density at radius 3 is 1.08 bits per heavy atom. The molecule has 2 aromatic carbocycles. The average molecular weight is 924 g/mol. The van der Waals surface area contributed by atoms with E-state index in [-0.39, 0.29) is 92.2 Å². The Balaban J connectivity index is -0.000000271. The van der Waals surface area contributed by atoms with Crippen molar-refractivity contribution >= 4 is 72.2 Å². The molecule has 7 unspecified atom stereocenters. The van der Waals surface area contributed by atoms with Gasteiger partial charge in [0, 0.05) is 153 Å². The van der Waals surface area contributed by atoms with Crippen LogP contribution in [0.5, 0.6) is 0 Å². The molecule has 6 nitrogen and oxygen atoms in total. The zero-order valence-electron chi connectivity index (χ0n) is 29.6. The molecule has 2 fully saturated rings. The minimum atomic E-state index is -0.208. The first-order valence-electron chi connectivity index (χ1n) is 15.4. The van der Waals surface area contributed by atoms with Crippen LogP contribution in [0.25, 0.3) is 11.4 Å². The number of hydrogen-bond donors (Lipinski definition) is 0. The van der Waals surface area contributed by atoms with Crippen LogP contribution in [-0.4, -0.2) is 130 Å². The maximum absolute atomic E-state index is 5.72. The second-order valence-electron chi connectivity index (χ2n) is 11.5. The van der Waals surface area contributed by atoms with Crippen molar-refractivity contribution in [3.63, 3.8) is 0 Å². The van der Waals surface area contributed by atoms with E-state index < -0.39 is 0 Å². The van der Waals surface area contributed by atoms with E-state index in [1.807, 2.05) is 34.1 Å². The fraction of sp³-hybridized carbons (Fsp3) is 0.486. The van der Waals surface area contributed by atoms with Crippen LogP contribution in [0.15, 0.2) is 61.7 Å². The van der Waals surface area contributed by atoms with Crippen LogP contribution in [0.2, 0.25) is 0 Å². The standard InChI is InChI=1S/2C11H11BN.C6H14N2.C5H13N2P.2CH4.2H4P2.2Y/c2*1-8-11-6-4-3-5-10(11)7-13(8)9(2)12;1-7-3-5-8(2)6-4-7;1-6-2-4-7(8)5-3-6;;;2*1-2;;/h2*3-6,9H,1-2,7H2;3-6H2,1-2H3;2-5,8H2,1H3;2*1H4;2*1-2H2;;/q2*-1;;;;;;;;. The molecule has 0 N–H and O–H groups in total. The maximum atomic E-state index is 5.72. The average Bonchev–Trinajstić information content (AvgIpc) is 3.60. The summed E-state index contributed by atoms with van der Waals surface area (Å²) in [4.78, 5) is 11.1. The topological polar surface area (TPSA) is 19.4 Å². The number of fused-ring (bicyclic) bond motifs is 2. The molecular formula is C35H65B2N6P5Y2-2. The third kappa shape index (κ3) is 20.7. The number of likely N-dealkylation sites (N-methyl/N-ethyl adjacent to an activating group) is 3. The third-order valence-corrected chi connectivity index (χ3v) is 8.61. The predicted octanol–water partition coefficient (Wildman–Crippen LogP) is 6.06. The second kappa shape index (κ2) is 33.0. The summed E-state index contributed by atoms with van der Waals surface area (Å²) in [6.07, 6.45) is 0. The van der Waals surface area contributed by atoms with E-state index in [0.29, 0.717) is 0 Å². The summed E-state index contributed by atoms with van der Waals surface area (Å²) in [6.45, 7) is 27.0. The molecule has 4 aliphatic heterocycles. The molecule has 50 heavy (non-hydrogen) atoms. The summed E-state index contributed by atoms with van der Waals surface area (Å²) < 4.78 is 2.28. The smallest absolute Gasteiger partial charge is 0.0532 e. The van der Waals surface area contributed by atoms with Gasteiger partial charge < -0.3 is 38.3 Å². The first-order chi connectivity index (χ1) is 22.0. The number of benzene rings is 2. The van der Waals surface area contributed by atoms with Crippen LogP contribution in [0.4, 0.5) is 0 Å². The van der Waals surface area contributed by atoms with Gasteiger partial charge in [-0.15, -0.1) is 47.6 Å². The number of rotatable bonds is 2. The van der Waals surface area contributed by atoms with Crippen LogP contribution in [0.1, 0.15) is 37.1 Å². The summed E-state index contributed by atoms with van der Waals surface area (Å²) in [7, 11) is 30.0. The maximum Gasteiger partial charge on any atom is 0.0532 e. The van der Waals surface area contributed by atoms with E-state index in [9.17, 15) is 0 Å². The summed E-state index contributed by atoms with van der Waals surface area (Å²) in [5.74, 6) is -0.417. The van der Waals surface area contributed by atoms with Crippen LogP contribution in [0, 0.1) is 13.8 Å². The molecule has 0 aliphatic carbocycles. The van der Waals surface area contributed by atoms with Gasteiger partial charge in [-0.05, 0) is 32.3 Å². The zero-order chi connectivity index (χ0) is 34.8. The van der Waals surface area contributed by atoms with Gasteiger partial charge >= 0.3 is 0 Å². The van der Waals surface area contributed by atoms with Gasteiger partial charge in [0.05, 0.1) is 15.7 Å². The van der Waals surface area contributed by atoms with E-state index >= 15 is 0 Å². The van der Waals surface area contributed by atoms with Crippen molar-refractivity contribution in [2.24, 2.45) is 0 Å². The zero-order valence-corrected chi connectivity index (χ0v) is 41.0. The summed E-state index contributed by atoms with van der Waals surface area (Å²) >= 11 is 0. The fourth-order valence-electron chi connectivity index (χ4n) is 5.11. The van der Waals surface area contributed by atoms with Crippen molar-refractivity contribution in [1.82, 2.24) is 29.2 Å². The molecule has 6 rings (SSSR count). The number of nitrogens with zero attached hydrogens (tertiary/aromatic N) is 6. The molecule has 0 aromatic heterocycles. The molecule has 0 spiro atoms. The number of piperazine rings is 2. The van der Waals surface area contributed by atoms with Crippen molar-refractivity contribution in [1.29, 1.82) is 0 Å². The normalized spacial score (nSPS) is 17.6.